The van der Waals surface area contributed by atoms with Gasteiger partial charge >= 0.3 is 0 Å². The van der Waals surface area contributed by atoms with Gasteiger partial charge in [-0.15, -0.1) is 0 Å². The lowest BCUT2D eigenvalue weighted by Gasteiger charge is -2.06. The Morgan fingerprint density at radius 2 is 2.28 bits per heavy atom. The molecule has 0 saturated carbocycles. The molecule has 0 fully saturated rings. The Balaban J connectivity index is 2.46. The van der Waals surface area contributed by atoms with Crippen molar-refractivity contribution in [3.05, 3.63) is 42.0 Å². The summed E-state index contributed by atoms with van der Waals surface area (Å²) in [7, 11) is 1.55. The number of nitrogens with zero attached hydrogens (tertiary/aromatic N) is 3. The third kappa shape index (κ3) is 2.21. The molecule has 0 aliphatic heterocycles. The van der Waals surface area contributed by atoms with Crippen LogP contribution in [0.2, 0.25) is 0 Å². The molecule has 6 nitrogen and oxygen atoms in total. The van der Waals surface area contributed by atoms with Crippen LogP contribution in [-0.2, 0) is 0 Å². The molecule has 3 N–H and O–H groups in total. The lowest BCUT2D eigenvalue weighted by atomic mass is 10.2. The van der Waals surface area contributed by atoms with E-state index in [1.807, 2.05) is 0 Å². The number of aromatic nitrogens is 3. The van der Waals surface area contributed by atoms with Crippen LogP contribution >= 0.6 is 12.2 Å². The number of pyridine rings is 1. The van der Waals surface area contributed by atoms with Gasteiger partial charge in [0.05, 0.1) is 11.9 Å². The smallest absolute Gasteiger partial charge is 0.271 e. The fourth-order valence-electron chi connectivity index (χ4n) is 1.48. The minimum Gasteiger partial charge on any atom is -0.389 e. The molecule has 18 heavy (non-hydrogen) atoms. The number of carbonyl (C=O) groups excluding carboxylic acids is 1. The van der Waals surface area contributed by atoms with Gasteiger partial charge in [0.1, 0.15) is 4.99 Å². The maximum Gasteiger partial charge on any atom is 0.271 e. The molecule has 7 heteroatoms. The maximum absolute atomic E-state index is 11.4. The van der Waals surface area contributed by atoms with Crippen molar-refractivity contribution in [1.29, 1.82) is 0 Å². The standard InChI is InChI=1S/C11H11N5OS/c1-13-11(17)8-3-5-16(15-8)9-6-14-4-2-7(9)10(12)18/h2-6H,1H3,(H2,12,18)(H,13,17). The average Bonchev–Trinajstić information content (AvgIpc) is 2.87. The Labute approximate surface area is 109 Å². The highest BCUT2D eigenvalue weighted by atomic mass is 32.1. The van der Waals surface area contributed by atoms with Crippen molar-refractivity contribution in [1.82, 2.24) is 20.1 Å². The molecule has 92 valence electrons. The minimum atomic E-state index is -0.255. The Kier molecular flexibility index (Phi) is 3.33. The summed E-state index contributed by atoms with van der Waals surface area (Å²) >= 11 is 4.96. The number of hydrogen-bond acceptors (Lipinski definition) is 4. The molecule has 0 atom stereocenters. The molecule has 2 rings (SSSR count). The zero-order valence-electron chi connectivity index (χ0n) is 9.62. The molecule has 0 bridgehead atoms. The summed E-state index contributed by atoms with van der Waals surface area (Å²) in [5.74, 6) is -0.255. The minimum absolute atomic E-state index is 0.254. The lowest BCUT2D eigenvalue weighted by Crippen LogP contribution is -2.19. The van der Waals surface area contributed by atoms with Crippen LogP contribution in [0.15, 0.2) is 30.7 Å². The van der Waals surface area contributed by atoms with Gasteiger partial charge < -0.3 is 11.1 Å². The molecule has 2 heterocycles. The Morgan fingerprint density at radius 3 is 2.94 bits per heavy atom. The van der Waals surface area contributed by atoms with Crippen LogP contribution in [0.1, 0.15) is 16.1 Å². The molecule has 1 amide bonds. The molecule has 0 aromatic carbocycles. The topological polar surface area (TPSA) is 85.8 Å². The van der Waals surface area contributed by atoms with Crippen LogP contribution in [0.3, 0.4) is 0 Å². The van der Waals surface area contributed by atoms with E-state index in [1.165, 1.54) is 4.68 Å². The summed E-state index contributed by atoms with van der Waals surface area (Å²) in [4.78, 5) is 15.7. The number of thiocarbonyl (C=S) groups is 1. The Morgan fingerprint density at radius 1 is 1.50 bits per heavy atom. The molecule has 0 aliphatic carbocycles. The number of carbonyl (C=O) groups is 1. The summed E-state index contributed by atoms with van der Waals surface area (Å²) in [5, 5.41) is 6.65. The second-order valence-corrected chi connectivity index (χ2v) is 3.92. The monoisotopic (exact) mass is 261 g/mol. The average molecular weight is 261 g/mol. The summed E-state index contributed by atoms with van der Waals surface area (Å²) in [6.45, 7) is 0. The van der Waals surface area contributed by atoms with Gasteiger partial charge in [0.15, 0.2) is 5.69 Å². The number of nitrogens with one attached hydrogen (secondary N) is 1. The lowest BCUT2D eigenvalue weighted by molar-refractivity contribution is 0.0957. The summed E-state index contributed by atoms with van der Waals surface area (Å²) in [6, 6.07) is 3.31. The molecule has 0 unspecified atom stereocenters. The fourth-order valence-corrected chi connectivity index (χ4v) is 1.66. The predicted octanol–water partition coefficient (Wildman–Crippen LogP) is 0.261. The third-order valence-corrected chi connectivity index (χ3v) is 2.58. The quantitative estimate of drug-likeness (QED) is 0.774. The van der Waals surface area contributed by atoms with Crippen molar-refractivity contribution < 1.29 is 4.79 Å². The van der Waals surface area contributed by atoms with Crippen molar-refractivity contribution in [3.8, 4) is 5.69 Å². The predicted molar refractivity (Wildman–Crippen MR) is 70.6 cm³/mol. The van der Waals surface area contributed by atoms with Crippen LogP contribution in [0, 0.1) is 0 Å². The SMILES string of the molecule is CNC(=O)c1ccn(-c2cnccc2C(N)=S)n1. The van der Waals surface area contributed by atoms with Crippen molar-refractivity contribution in [2.24, 2.45) is 5.73 Å². The molecule has 0 aliphatic rings. The number of nitrogens with two attached hydrogens (primary N) is 1. The van der Waals surface area contributed by atoms with Crippen molar-refractivity contribution >= 4 is 23.1 Å². The van der Waals surface area contributed by atoms with Gasteiger partial charge in [0.25, 0.3) is 5.91 Å². The first-order chi connectivity index (χ1) is 8.63. The summed E-state index contributed by atoms with van der Waals surface area (Å²) in [5.41, 5.74) is 7.24. The van der Waals surface area contributed by atoms with Crippen molar-refractivity contribution in [3.63, 3.8) is 0 Å². The molecule has 0 spiro atoms. The van der Waals surface area contributed by atoms with Crippen LogP contribution in [-0.4, -0.2) is 32.7 Å². The molecule has 0 radical (unpaired) electrons. The van der Waals surface area contributed by atoms with Crippen LogP contribution < -0.4 is 11.1 Å². The highest BCUT2D eigenvalue weighted by Gasteiger charge is 2.11. The second-order valence-electron chi connectivity index (χ2n) is 3.48. The molecule has 2 aromatic heterocycles. The zero-order chi connectivity index (χ0) is 13.1. The van der Waals surface area contributed by atoms with E-state index >= 15 is 0 Å². The van der Waals surface area contributed by atoms with Gasteiger partial charge in [-0.25, -0.2) is 4.68 Å². The van der Waals surface area contributed by atoms with Gasteiger partial charge in [-0.05, 0) is 12.1 Å². The molecule has 2 aromatic rings. The highest BCUT2D eigenvalue weighted by molar-refractivity contribution is 7.80. The second kappa shape index (κ2) is 4.92. The first kappa shape index (κ1) is 12.2. The fraction of sp³-hybridized carbons (Fsp3) is 0.0909. The Bertz CT molecular complexity index is 607. The van der Waals surface area contributed by atoms with Crippen LogP contribution in [0.4, 0.5) is 0 Å². The molecular formula is C11H11N5OS. The number of hydrogen-bond donors (Lipinski definition) is 2. The van der Waals surface area contributed by atoms with E-state index in [-0.39, 0.29) is 10.9 Å². The first-order valence-electron chi connectivity index (χ1n) is 5.15. The normalized spacial score (nSPS) is 10.1. The number of amides is 1. The van der Waals surface area contributed by atoms with Gasteiger partial charge in [-0.3, -0.25) is 9.78 Å². The van der Waals surface area contributed by atoms with E-state index in [9.17, 15) is 4.79 Å². The largest absolute Gasteiger partial charge is 0.389 e. The molecule has 0 saturated heterocycles. The number of rotatable bonds is 3. The molecular weight excluding hydrogens is 250 g/mol. The third-order valence-electron chi connectivity index (χ3n) is 2.36. The Hall–Kier alpha value is -2.28. The van der Waals surface area contributed by atoms with Gasteiger partial charge in [-0.1, -0.05) is 12.2 Å². The van der Waals surface area contributed by atoms with Gasteiger partial charge in [0.2, 0.25) is 0 Å². The van der Waals surface area contributed by atoms with E-state index in [2.05, 4.69) is 15.4 Å². The van der Waals surface area contributed by atoms with E-state index < -0.39 is 0 Å². The van der Waals surface area contributed by atoms with E-state index in [0.717, 1.165) is 0 Å². The first-order valence-corrected chi connectivity index (χ1v) is 5.56. The summed E-state index contributed by atoms with van der Waals surface area (Å²) in [6.07, 6.45) is 4.85. The van der Waals surface area contributed by atoms with Crippen molar-refractivity contribution in [2.75, 3.05) is 7.05 Å². The van der Waals surface area contributed by atoms with Gasteiger partial charge in [0, 0.05) is 25.0 Å². The maximum atomic E-state index is 11.4. The van der Waals surface area contributed by atoms with E-state index in [4.69, 9.17) is 18.0 Å². The van der Waals surface area contributed by atoms with E-state index in [1.54, 1.807) is 37.8 Å². The zero-order valence-corrected chi connectivity index (χ0v) is 10.4. The van der Waals surface area contributed by atoms with Crippen LogP contribution in [0.5, 0.6) is 0 Å². The van der Waals surface area contributed by atoms with Gasteiger partial charge in [-0.2, -0.15) is 5.10 Å². The summed E-state index contributed by atoms with van der Waals surface area (Å²) < 4.78 is 1.52. The van der Waals surface area contributed by atoms with E-state index in [0.29, 0.717) is 16.9 Å². The van der Waals surface area contributed by atoms with Crippen LogP contribution in [0.25, 0.3) is 5.69 Å². The highest BCUT2D eigenvalue weighted by Crippen LogP contribution is 2.12. The van der Waals surface area contributed by atoms with Crippen molar-refractivity contribution in [2.45, 2.75) is 0 Å².